The van der Waals surface area contributed by atoms with Gasteiger partial charge in [-0.1, -0.05) is 6.07 Å². The van der Waals surface area contributed by atoms with Crippen LogP contribution in [0.4, 0.5) is 14.9 Å². The number of hydrogen-bond donors (Lipinski definition) is 2. The molecule has 6 nitrogen and oxygen atoms in total. The molecule has 0 aromatic heterocycles. The van der Waals surface area contributed by atoms with Gasteiger partial charge in [0.25, 0.3) is 0 Å². The molecule has 1 fully saturated rings. The van der Waals surface area contributed by atoms with Gasteiger partial charge in [0, 0.05) is 27.2 Å². The lowest BCUT2D eigenvalue weighted by Crippen LogP contribution is -2.38. The number of anilines is 1. The minimum atomic E-state index is -2.93. The third-order valence-corrected chi connectivity index (χ3v) is 5.66. The van der Waals surface area contributed by atoms with Crippen molar-refractivity contribution in [3.63, 3.8) is 0 Å². The number of amides is 2. The number of nitrogens with zero attached hydrogens (tertiary/aromatic N) is 1. The Morgan fingerprint density at radius 3 is 2.65 bits per heavy atom. The summed E-state index contributed by atoms with van der Waals surface area (Å²) in [5, 5.41) is 5.30. The smallest absolute Gasteiger partial charge is 0.315 e. The summed E-state index contributed by atoms with van der Waals surface area (Å²) in [7, 11) is 0.582. The largest absolute Gasteiger partial charge is 0.375 e. The van der Waals surface area contributed by atoms with E-state index < -0.39 is 9.84 Å². The minimum absolute atomic E-state index is 0.0254. The summed E-state index contributed by atoms with van der Waals surface area (Å²) < 4.78 is 36.5. The van der Waals surface area contributed by atoms with E-state index in [1.807, 2.05) is 0 Å². The molecule has 0 unspecified atom stereocenters. The van der Waals surface area contributed by atoms with Crippen LogP contribution in [0.3, 0.4) is 0 Å². The zero-order valence-electron chi connectivity index (χ0n) is 13.3. The highest BCUT2D eigenvalue weighted by Crippen LogP contribution is 2.18. The fourth-order valence-electron chi connectivity index (χ4n) is 2.54. The molecular weight excluding hydrogens is 321 g/mol. The van der Waals surface area contributed by atoms with E-state index in [4.69, 9.17) is 0 Å². The average Bonchev–Trinajstić information content (AvgIpc) is 2.82. The summed E-state index contributed by atoms with van der Waals surface area (Å²) in [6.07, 6.45) is 0.583. The van der Waals surface area contributed by atoms with E-state index in [2.05, 4.69) is 10.6 Å². The molecule has 128 valence electrons. The number of carbonyl (C=O) groups is 1. The molecular formula is C15H22FN3O3S. The van der Waals surface area contributed by atoms with Crippen molar-refractivity contribution in [1.82, 2.24) is 10.6 Å². The fraction of sp³-hybridized carbons (Fsp3) is 0.533. The quantitative estimate of drug-likeness (QED) is 0.840. The maximum Gasteiger partial charge on any atom is 0.315 e. The maximum absolute atomic E-state index is 13.8. The Morgan fingerprint density at radius 2 is 2.09 bits per heavy atom. The monoisotopic (exact) mass is 343 g/mol. The van der Waals surface area contributed by atoms with Crippen LogP contribution in [0.2, 0.25) is 0 Å². The second-order valence-electron chi connectivity index (χ2n) is 6.01. The van der Waals surface area contributed by atoms with Crippen molar-refractivity contribution in [3.05, 3.63) is 29.6 Å². The Morgan fingerprint density at radius 1 is 1.35 bits per heavy atom. The van der Waals surface area contributed by atoms with E-state index in [1.54, 1.807) is 31.1 Å². The van der Waals surface area contributed by atoms with Crippen LogP contribution in [0, 0.1) is 11.7 Å². The predicted octanol–water partition coefficient (Wildman–Crippen LogP) is 1.13. The number of halogens is 1. The third-order valence-electron chi connectivity index (χ3n) is 3.83. The van der Waals surface area contributed by atoms with Crippen molar-refractivity contribution >= 4 is 21.6 Å². The third kappa shape index (κ3) is 5.09. The Bertz CT molecular complexity index is 677. The first-order valence-corrected chi connectivity index (χ1v) is 9.27. The molecule has 8 heteroatoms. The summed E-state index contributed by atoms with van der Waals surface area (Å²) >= 11 is 0. The number of sulfone groups is 1. The van der Waals surface area contributed by atoms with Crippen molar-refractivity contribution < 1.29 is 17.6 Å². The topological polar surface area (TPSA) is 78.5 Å². The van der Waals surface area contributed by atoms with Crippen LogP contribution in [-0.4, -0.2) is 46.6 Å². The van der Waals surface area contributed by atoms with Gasteiger partial charge in [-0.2, -0.15) is 0 Å². The van der Waals surface area contributed by atoms with Crippen molar-refractivity contribution in [2.24, 2.45) is 5.92 Å². The summed E-state index contributed by atoms with van der Waals surface area (Å²) in [5.74, 6) is -0.0448. The molecule has 0 saturated carbocycles. The van der Waals surface area contributed by atoms with Crippen LogP contribution >= 0.6 is 0 Å². The minimum Gasteiger partial charge on any atom is -0.375 e. The molecule has 0 aliphatic carbocycles. The summed E-state index contributed by atoms with van der Waals surface area (Å²) in [5.41, 5.74) is 1.15. The van der Waals surface area contributed by atoms with Gasteiger partial charge in [0.05, 0.1) is 17.2 Å². The SMILES string of the molecule is CN(C)c1ccc(CNC(=O)NC[C@@H]2CCS(=O)(=O)C2)cc1F. The standard InChI is InChI=1S/C15H22FN3O3S/c1-19(2)14-4-3-11(7-13(14)16)8-17-15(20)18-9-12-5-6-23(21,22)10-12/h3-4,7,12H,5-6,8-10H2,1-2H3,(H2,17,18,20)/t12-/m0/s1. The number of rotatable bonds is 5. The van der Waals surface area contributed by atoms with Crippen LogP contribution in [0.25, 0.3) is 0 Å². The highest BCUT2D eigenvalue weighted by molar-refractivity contribution is 7.91. The van der Waals surface area contributed by atoms with Gasteiger partial charge < -0.3 is 15.5 Å². The van der Waals surface area contributed by atoms with Gasteiger partial charge in [-0.15, -0.1) is 0 Å². The molecule has 0 radical (unpaired) electrons. The normalized spacial score (nSPS) is 19.3. The van der Waals surface area contributed by atoms with Gasteiger partial charge >= 0.3 is 6.03 Å². The lowest BCUT2D eigenvalue weighted by atomic mass is 10.1. The van der Waals surface area contributed by atoms with Crippen molar-refractivity contribution in [3.8, 4) is 0 Å². The van der Waals surface area contributed by atoms with Crippen molar-refractivity contribution in [1.29, 1.82) is 0 Å². The Balaban J connectivity index is 1.77. The number of carbonyl (C=O) groups excluding carboxylic acids is 1. The Labute approximate surface area is 136 Å². The first kappa shape index (κ1) is 17.5. The Hall–Kier alpha value is -1.83. The van der Waals surface area contributed by atoms with Crippen LogP contribution < -0.4 is 15.5 Å². The van der Waals surface area contributed by atoms with Crippen LogP contribution in [-0.2, 0) is 16.4 Å². The highest BCUT2D eigenvalue weighted by atomic mass is 32.2. The lowest BCUT2D eigenvalue weighted by molar-refractivity contribution is 0.239. The maximum atomic E-state index is 13.8. The van der Waals surface area contributed by atoms with Gasteiger partial charge in [-0.25, -0.2) is 17.6 Å². The number of nitrogens with one attached hydrogen (secondary N) is 2. The molecule has 1 aromatic rings. The van der Waals surface area contributed by atoms with E-state index in [9.17, 15) is 17.6 Å². The molecule has 0 spiro atoms. The molecule has 2 amide bonds. The summed E-state index contributed by atoms with van der Waals surface area (Å²) in [6.45, 7) is 0.540. The molecule has 1 aliphatic rings. The number of hydrogen-bond acceptors (Lipinski definition) is 4. The molecule has 1 aromatic carbocycles. The molecule has 0 bridgehead atoms. The predicted molar refractivity (Wildman–Crippen MR) is 87.7 cm³/mol. The van der Waals surface area contributed by atoms with E-state index in [0.29, 0.717) is 24.2 Å². The number of urea groups is 1. The van der Waals surface area contributed by atoms with Gasteiger partial charge in [-0.05, 0) is 30.0 Å². The highest BCUT2D eigenvalue weighted by Gasteiger charge is 2.27. The van der Waals surface area contributed by atoms with Crippen molar-refractivity contribution in [2.45, 2.75) is 13.0 Å². The van der Waals surface area contributed by atoms with Gasteiger partial charge in [-0.3, -0.25) is 0 Å². The molecule has 1 atom stereocenters. The van der Waals surface area contributed by atoms with E-state index in [0.717, 1.165) is 0 Å². The first-order chi connectivity index (χ1) is 10.8. The molecule has 1 saturated heterocycles. The van der Waals surface area contributed by atoms with Crippen LogP contribution in [0.15, 0.2) is 18.2 Å². The van der Waals surface area contributed by atoms with E-state index in [1.165, 1.54) is 6.07 Å². The molecule has 2 N–H and O–H groups in total. The number of benzene rings is 1. The van der Waals surface area contributed by atoms with Crippen molar-refractivity contribution in [2.75, 3.05) is 37.0 Å². The second-order valence-corrected chi connectivity index (χ2v) is 8.24. The fourth-order valence-corrected chi connectivity index (χ4v) is 4.40. The lowest BCUT2D eigenvalue weighted by Gasteiger charge is -2.15. The van der Waals surface area contributed by atoms with Gasteiger partial charge in [0.15, 0.2) is 9.84 Å². The first-order valence-electron chi connectivity index (χ1n) is 7.45. The summed E-state index contributed by atoms with van der Waals surface area (Å²) in [4.78, 5) is 13.4. The molecule has 1 heterocycles. The van der Waals surface area contributed by atoms with Gasteiger partial charge in [0.1, 0.15) is 5.82 Å². The zero-order valence-corrected chi connectivity index (χ0v) is 14.1. The van der Waals surface area contributed by atoms with E-state index >= 15 is 0 Å². The van der Waals surface area contributed by atoms with E-state index in [-0.39, 0.29) is 35.8 Å². The summed E-state index contributed by atoms with van der Waals surface area (Å²) in [6, 6.07) is 4.42. The average molecular weight is 343 g/mol. The van der Waals surface area contributed by atoms with Crippen LogP contribution in [0.1, 0.15) is 12.0 Å². The second kappa shape index (κ2) is 7.16. The van der Waals surface area contributed by atoms with Gasteiger partial charge in [0.2, 0.25) is 0 Å². The molecule has 2 rings (SSSR count). The Kier molecular flexibility index (Phi) is 5.46. The molecule has 1 aliphatic heterocycles. The van der Waals surface area contributed by atoms with Crippen LogP contribution in [0.5, 0.6) is 0 Å². The molecule has 23 heavy (non-hydrogen) atoms. The zero-order chi connectivity index (χ0) is 17.0.